The predicted octanol–water partition coefficient (Wildman–Crippen LogP) is 0.0767. The molecule has 2 aliphatic rings. The van der Waals surface area contributed by atoms with E-state index < -0.39 is 0 Å². The molecule has 2 fully saturated rings. The molecule has 5 nitrogen and oxygen atoms in total. The Morgan fingerprint density at radius 2 is 2.00 bits per heavy atom. The van der Waals surface area contributed by atoms with E-state index in [0.717, 1.165) is 0 Å². The molecule has 0 aromatic heterocycles. The molecule has 2 saturated heterocycles. The molecule has 2 aliphatic heterocycles. The smallest absolute Gasteiger partial charge is 0.303 e. The third kappa shape index (κ3) is 1.63. The monoisotopic (exact) mass is 202 g/mol. The van der Waals surface area contributed by atoms with E-state index in [9.17, 15) is 4.79 Å². The number of carbonyl (C=O) groups is 1. The van der Waals surface area contributed by atoms with Crippen molar-refractivity contribution in [2.24, 2.45) is 0 Å². The van der Waals surface area contributed by atoms with Crippen molar-refractivity contribution >= 4 is 5.97 Å². The van der Waals surface area contributed by atoms with Gasteiger partial charge < -0.3 is 18.9 Å². The molecule has 0 aromatic carbocycles. The van der Waals surface area contributed by atoms with Gasteiger partial charge in [-0.1, -0.05) is 0 Å². The average molecular weight is 202 g/mol. The Morgan fingerprint density at radius 3 is 2.57 bits per heavy atom. The maximum Gasteiger partial charge on any atom is 0.303 e. The van der Waals surface area contributed by atoms with Crippen LogP contribution in [0.25, 0.3) is 0 Å². The van der Waals surface area contributed by atoms with Gasteiger partial charge in [-0.2, -0.15) is 0 Å². The van der Waals surface area contributed by atoms with Gasteiger partial charge in [0, 0.05) is 14.0 Å². The number of ether oxygens (including phenoxy) is 4. The summed E-state index contributed by atoms with van der Waals surface area (Å²) in [5.74, 6) is -0.310. The summed E-state index contributed by atoms with van der Waals surface area (Å²) in [6, 6.07) is 0. The first-order valence-corrected chi connectivity index (χ1v) is 4.64. The topological polar surface area (TPSA) is 57.3 Å². The van der Waals surface area contributed by atoms with E-state index in [1.807, 2.05) is 6.92 Å². The van der Waals surface area contributed by atoms with Gasteiger partial charge in [0.05, 0.1) is 6.10 Å². The Morgan fingerprint density at radius 1 is 1.29 bits per heavy atom. The maximum absolute atomic E-state index is 10.8. The fourth-order valence-corrected chi connectivity index (χ4v) is 1.80. The van der Waals surface area contributed by atoms with Crippen LogP contribution in [0.3, 0.4) is 0 Å². The Balaban J connectivity index is 1.98. The molecule has 80 valence electrons. The molecular weight excluding hydrogens is 188 g/mol. The minimum atomic E-state index is -0.332. The molecule has 0 aromatic rings. The second-order valence-corrected chi connectivity index (χ2v) is 3.58. The summed E-state index contributed by atoms with van der Waals surface area (Å²) >= 11 is 0. The van der Waals surface area contributed by atoms with Crippen LogP contribution in [0.2, 0.25) is 0 Å². The lowest BCUT2D eigenvalue weighted by molar-refractivity contribution is -0.204. The minimum absolute atomic E-state index is 0.0624. The number of esters is 1. The van der Waals surface area contributed by atoms with Crippen LogP contribution < -0.4 is 0 Å². The van der Waals surface area contributed by atoms with Crippen LogP contribution in [-0.2, 0) is 23.7 Å². The molecule has 0 amide bonds. The molecule has 0 N–H and O–H groups in total. The fraction of sp³-hybridized carbons (Fsp3) is 0.889. The zero-order valence-corrected chi connectivity index (χ0v) is 8.43. The highest BCUT2D eigenvalue weighted by Gasteiger charge is 2.58. The van der Waals surface area contributed by atoms with Crippen molar-refractivity contribution in [1.82, 2.24) is 0 Å². The zero-order chi connectivity index (χ0) is 10.3. The van der Waals surface area contributed by atoms with Gasteiger partial charge in [-0.25, -0.2) is 0 Å². The first kappa shape index (κ1) is 9.89. The molecule has 0 aliphatic carbocycles. The summed E-state index contributed by atoms with van der Waals surface area (Å²) in [6.45, 7) is 3.23. The van der Waals surface area contributed by atoms with Gasteiger partial charge in [0.2, 0.25) is 0 Å². The van der Waals surface area contributed by atoms with Gasteiger partial charge in [0.25, 0.3) is 0 Å². The SMILES string of the molecule is CO[C@@H]1O[C@H](C)[C@H](OC(C)=O)[C@H]2O[C@@H]12. The van der Waals surface area contributed by atoms with Gasteiger partial charge >= 0.3 is 5.97 Å². The van der Waals surface area contributed by atoms with Crippen molar-refractivity contribution in [2.75, 3.05) is 7.11 Å². The zero-order valence-electron chi connectivity index (χ0n) is 8.43. The van der Waals surface area contributed by atoms with Gasteiger partial charge in [-0.05, 0) is 6.92 Å². The first-order chi connectivity index (χ1) is 6.63. The quantitative estimate of drug-likeness (QED) is 0.468. The predicted molar refractivity (Wildman–Crippen MR) is 45.6 cm³/mol. The number of fused-ring (bicyclic) bond motifs is 1. The van der Waals surface area contributed by atoms with E-state index in [1.54, 1.807) is 7.11 Å². The summed E-state index contributed by atoms with van der Waals surface area (Å²) in [5, 5.41) is 0. The van der Waals surface area contributed by atoms with Gasteiger partial charge in [0.1, 0.15) is 12.2 Å². The summed E-state index contributed by atoms with van der Waals surface area (Å²) in [6.07, 6.45) is -0.966. The van der Waals surface area contributed by atoms with Crippen LogP contribution in [0.4, 0.5) is 0 Å². The third-order valence-corrected chi connectivity index (χ3v) is 2.50. The number of hydrogen-bond donors (Lipinski definition) is 0. The van der Waals surface area contributed by atoms with Gasteiger partial charge in [-0.3, -0.25) is 4.79 Å². The first-order valence-electron chi connectivity index (χ1n) is 4.64. The largest absolute Gasteiger partial charge is 0.457 e. The molecule has 2 heterocycles. The average Bonchev–Trinajstić information content (AvgIpc) is 2.88. The van der Waals surface area contributed by atoms with E-state index >= 15 is 0 Å². The molecule has 0 bridgehead atoms. The highest BCUT2D eigenvalue weighted by atomic mass is 16.7. The number of hydrogen-bond acceptors (Lipinski definition) is 5. The summed E-state index contributed by atoms with van der Waals surface area (Å²) < 4.78 is 21.0. The van der Waals surface area contributed by atoms with Crippen molar-refractivity contribution in [2.45, 2.75) is 44.6 Å². The lowest BCUT2D eigenvalue weighted by Gasteiger charge is -2.29. The van der Waals surface area contributed by atoms with Gasteiger partial charge in [0.15, 0.2) is 12.4 Å². The fourth-order valence-electron chi connectivity index (χ4n) is 1.80. The number of methoxy groups -OCH3 is 1. The Hall–Kier alpha value is -0.650. The second kappa shape index (κ2) is 3.49. The van der Waals surface area contributed by atoms with Crippen LogP contribution in [0.5, 0.6) is 0 Å². The normalized spacial score (nSPS) is 45.5. The summed E-state index contributed by atoms with van der Waals surface area (Å²) in [5.41, 5.74) is 0. The standard InChI is InChI=1S/C9H14O5/c1-4-6(13-5(2)10)7-8(14-7)9(11-3)12-4/h4,6-9H,1-3H3/t4-,6+,7-,8-,9-/m1/s1. The number of rotatable bonds is 2. The third-order valence-electron chi connectivity index (χ3n) is 2.50. The highest BCUT2D eigenvalue weighted by molar-refractivity contribution is 5.66. The number of epoxide rings is 1. The Kier molecular flexibility index (Phi) is 2.47. The molecule has 5 atom stereocenters. The molecule has 0 radical (unpaired) electrons. The van der Waals surface area contributed by atoms with E-state index in [4.69, 9.17) is 18.9 Å². The van der Waals surface area contributed by atoms with Crippen LogP contribution in [0.15, 0.2) is 0 Å². The lowest BCUT2D eigenvalue weighted by atomic mass is 10.1. The van der Waals surface area contributed by atoms with Crippen LogP contribution >= 0.6 is 0 Å². The Labute approximate surface area is 82.3 Å². The maximum atomic E-state index is 10.8. The van der Waals surface area contributed by atoms with E-state index in [1.165, 1.54) is 6.92 Å². The van der Waals surface area contributed by atoms with E-state index in [2.05, 4.69) is 0 Å². The van der Waals surface area contributed by atoms with Gasteiger partial charge in [-0.15, -0.1) is 0 Å². The van der Waals surface area contributed by atoms with Crippen molar-refractivity contribution in [3.05, 3.63) is 0 Å². The summed E-state index contributed by atoms with van der Waals surface area (Å²) in [7, 11) is 1.57. The van der Waals surface area contributed by atoms with Crippen molar-refractivity contribution in [1.29, 1.82) is 0 Å². The van der Waals surface area contributed by atoms with Crippen molar-refractivity contribution in [3.8, 4) is 0 Å². The van der Waals surface area contributed by atoms with Crippen LogP contribution in [0.1, 0.15) is 13.8 Å². The second-order valence-electron chi connectivity index (χ2n) is 3.58. The summed E-state index contributed by atoms with van der Waals surface area (Å²) in [4.78, 5) is 10.8. The Bertz CT molecular complexity index is 239. The molecule has 0 unspecified atom stereocenters. The number of carbonyl (C=O) groups excluding carboxylic acids is 1. The lowest BCUT2D eigenvalue weighted by Crippen LogP contribution is -2.46. The van der Waals surface area contributed by atoms with E-state index in [-0.39, 0.29) is 36.7 Å². The molecule has 2 rings (SSSR count). The molecule has 0 spiro atoms. The van der Waals surface area contributed by atoms with Crippen LogP contribution in [0, 0.1) is 0 Å². The van der Waals surface area contributed by atoms with Crippen molar-refractivity contribution < 1.29 is 23.7 Å². The molecule has 0 saturated carbocycles. The molecule has 5 heteroatoms. The van der Waals surface area contributed by atoms with E-state index in [0.29, 0.717) is 0 Å². The minimum Gasteiger partial charge on any atom is -0.457 e. The van der Waals surface area contributed by atoms with Crippen molar-refractivity contribution in [3.63, 3.8) is 0 Å². The van der Waals surface area contributed by atoms with Crippen LogP contribution in [-0.4, -0.2) is 43.8 Å². The molecule has 14 heavy (non-hydrogen) atoms. The highest BCUT2D eigenvalue weighted by Crippen LogP contribution is 2.39. The molecular formula is C9H14O5.